The van der Waals surface area contributed by atoms with E-state index in [0.717, 1.165) is 25.9 Å². The van der Waals surface area contributed by atoms with E-state index in [9.17, 15) is 29.7 Å². The number of aliphatic hydroxyl groups is 2. The van der Waals surface area contributed by atoms with Gasteiger partial charge in [-0.25, -0.2) is 4.39 Å². The number of phenols is 1. The van der Waals surface area contributed by atoms with Crippen LogP contribution in [0.4, 0.5) is 4.39 Å². The number of aromatic hydroxyl groups is 1. The molecule has 220 valence electrons. The molecule has 0 aromatic heterocycles. The number of nitrogens with two attached hydrogens (primary N) is 1. The number of hydrogen-bond acceptors (Lipinski definition) is 9. The SMILES string of the molecule is CO[C@]12C(=O)C3=C(O)c4c(O)cc(CN5CCC6(CC5)CC6)c(F)c4C[C@H]3C[C@H]1[C@H](N(C)C)C(=O)C(C(N)=O)=C2O. The molecule has 1 aromatic carbocycles. The lowest BCUT2D eigenvalue weighted by molar-refractivity contribution is -0.159. The summed E-state index contributed by atoms with van der Waals surface area (Å²) >= 11 is 0. The van der Waals surface area contributed by atoms with Crippen molar-refractivity contribution in [1.29, 1.82) is 0 Å². The molecular weight excluding hydrogens is 533 g/mol. The van der Waals surface area contributed by atoms with Crippen molar-refractivity contribution in [3.05, 3.63) is 45.5 Å². The Labute approximate surface area is 237 Å². The highest BCUT2D eigenvalue weighted by Gasteiger charge is 2.65. The second-order valence-electron chi connectivity index (χ2n) is 12.6. The lowest BCUT2D eigenvalue weighted by Crippen LogP contribution is -2.66. The minimum Gasteiger partial charge on any atom is -0.508 e. The fourth-order valence-electron chi connectivity index (χ4n) is 7.89. The summed E-state index contributed by atoms with van der Waals surface area (Å²) in [6.45, 7) is 2.04. The molecule has 0 unspecified atom stereocenters. The molecule has 4 aliphatic carbocycles. The van der Waals surface area contributed by atoms with Gasteiger partial charge in [-0.1, -0.05) is 0 Å². The Hall–Kier alpha value is -3.28. The van der Waals surface area contributed by atoms with Crippen molar-refractivity contribution in [1.82, 2.24) is 9.80 Å². The third-order valence-corrected chi connectivity index (χ3v) is 10.3. The number of ether oxygens (including phenoxy) is 1. The van der Waals surface area contributed by atoms with Gasteiger partial charge in [0.15, 0.2) is 11.4 Å². The number of piperidine rings is 1. The Bertz CT molecular complexity index is 1440. The van der Waals surface area contributed by atoms with E-state index in [0.29, 0.717) is 17.5 Å². The topological polar surface area (TPSA) is 154 Å². The average molecular weight is 570 g/mol. The molecule has 1 aromatic rings. The Morgan fingerprint density at radius 1 is 1.17 bits per heavy atom. The van der Waals surface area contributed by atoms with Crippen molar-refractivity contribution in [3.8, 4) is 5.75 Å². The summed E-state index contributed by atoms with van der Waals surface area (Å²) < 4.78 is 21.7. The third kappa shape index (κ3) is 3.89. The molecule has 0 radical (unpaired) electrons. The summed E-state index contributed by atoms with van der Waals surface area (Å²) in [4.78, 5) is 43.5. The Morgan fingerprint density at radius 3 is 2.39 bits per heavy atom. The second kappa shape index (κ2) is 9.37. The van der Waals surface area contributed by atoms with E-state index in [1.54, 1.807) is 14.1 Å². The normalized spacial score (nSPS) is 30.9. The molecule has 0 bridgehead atoms. The summed E-state index contributed by atoms with van der Waals surface area (Å²) in [6, 6.07) is 0.250. The van der Waals surface area contributed by atoms with E-state index < -0.39 is 63.9 Å². The van der Waals surface area contributed by atoms with Gasteiger partial charge in [0.05, 0.1) is 11.6 Å². The van der Waals surface area contributed by atoms with Crippen LogP contribution in [0.15, 0.2) is 23.0 Å². The minimum absolute atomic E-state index is 0.00536. The van der Waals surface area contributed by atoms with E-state index >= 15 is 4.39 Å². The Morgan fingerprint density at radius 2 is 1.83 bits per heavy atom. The van der Waals surface area contributed by atoms with Crippen LogP contribution in [0, 0.1) is 23.1 Å². The number of primary amides is 1. The lowest BCUT2D eigenvalue weighted by atomic mass is 9.57. The van der Waals surface area contributed by atoms with Crippen molar-refractivity contribution >= 4 is 23.2 Å². The van der Waals surface area contributed by atoms with Crippen molar-refractivity contribution in [2.45, 2.75) is 56.7 Å². The molecule has 5 N–H and O–H groups in total. The van der Waals surface area contributed by atoms with E-state index in [-0.39, 0.29) is 35.3 Å². The fraction of sp³-hybridized carbons (Fsp3) is 0.567. The quantitative estimate of drug-likeness (QED) is 0.391. The van der Waals surface area contributed by atoms with Gasteiger partial charge in [-0.2, -0.15) is 0 Å². The second-order valence-corrected chi connectivity index (χ2v) is 12.6. The summed E-state index contributed by atoms with van der Waals surface area (Å²) in [5.41, 5.74) is 3.13. The smallest absolute Gasteiger partial charge is 0.255 e. The van der Waals surface area contributed by atoms with Crippen LogP contribution in [0.25, 0.3) is 5.76 Å². The zero-order valence-corrected chi connectivity index (χ0v) is 23.5. The number of likely N-dealkylation sites (tertiary alicyclic amines) is 1. The Balaban J connectivity index is 1.43. The summed E-state index contributed by atoms with van der Waals surface area (Å²) in [6.07, 6.45) is 4.72. The zero-order chi connectivity index (χ0) is 29.6. The molecular formula is C30H36FN3O7. The van der Waals surface area contributed by atoms with Gasteiger partial charge in [0.25, 0.3) is 5.91 Å². The third-order valence-electron chi connectivity index (χ3n) is 10.3. The van der Waals surface area contributed by atoms with Crippen LogP contribution in [0.5, 0.6) is 5.75 Å². The van der Waals surface area contributed by atoms with Gasteiger partial charge in [-0.05, 0) is 83.1 Å². The van der Waals surface area contributed by atoms with Crippen LogP contribution in [-0.2, 0) is 32.1 Å². The number of Topliss-reactive ketones (excluding diaryl/α,β-unsaturated/α-hetero) is 2. The molecule has 41 heavy (non-hydrogen) atoms. The number of amides is 1. The first-order valence-electron chi connectivity index (χ1n) is 14.1. The number of hydrogen-bond donors (Lipinski definition) is 4. The zero-order valence-electron chi connectivity index (χ0n) is 23.5. The minimum atomic E-state index is -2.17. The number of likely N-dealkylation sites (N-methyl/N-ethyl adjacent to an activating group) is 1. The highest BCUT2D eigenvalue weighted by Crippen LogP contribution is 2.55. The Kier molecular flexibility index (Phi) is 6.37. The van der Waals surface area contributed by atoms with Crippen molar-refractivity contribution in [2.24, 2.45) is 23.0 Å². The average Bonchev–Trinajstić information content (AvgIpc) is 3.66. The molecule has 1 amide bonds. The van der Waals surface area contributed by atoms with E-state index in [1.165, 1.54) is 30.9 Å². The standard InChI is InChI=1S/C30H36FN3O7/c1-33(2)23-17-11-14-10-16-20(18(35)12-15(22(16)31)13-34-8-6-29(4-5-29)7-9-34)24(36)19(14)26(38)30(17,41-3)27(39)21(25(23)37)28(32)40/h12,14,17,23,35-36,39H,4-11,13H2,1-3H3,(H2,32,40)/t14-,17-,23-,30-/m0/s1. The van der Waals surface area contributed by atoms with Crippen molar-refractivity contribution < 1.29 is 38.8 Å². The number of rotatable bonds is 5. The summed E-state index contributed by atoms with van der Waals surface area (Å²) in [5, 5.41) is 33.6. The number of ketones is 2. The van der Waals surface area contributed by atoms with Gasteiger partial charge in [0, 0.05) is 36.3 Å². The van der Waals surface area contributed by atoms with Crippen LogP contribution < -0.4 is 5.73 Å². The highest BCUT2D eigenvalue weighted by molar-refractivity contribution is 6.24. The highest BCUT2D eigenvalue weighted by atomic mass is 19.1. The molecule has 1 heterocycles. The summed E-state index contributed by atoms with van der Waals surface area (Å²) in [5.74, 6) is -6.86. The molecule has 1 aliphatic heterocycles. The maximum atomic E-state index is 16.1. The first kappa shape index (κ1) is 27.9. The number of halogens is 1. The molecule has 4 atom stereocenters. The molecule has 2 saturated carbocycles. The number of nitrogens with zero attached hydrogens (tertiary/aromatic N) is 2. The molecule has 5 aliphatic rings. The van der Waals surface area contributed by atoms with Crippen LogP contribution >= 0.6 is 0 Å². The maximum Gasteiger partial charge on any atom is 0.255 e. The predicted molar refractivity (Wildman–Crippen MR) is 145 cm³/mol. The number of carbonyl (C=O) groups excluding carboxylic acids is 3. The van der Waals surface area contributed by atoms with Crippen molar-refractivity contribution in [2.75, 3.05) is 34.3 Å². The van der Waals surface area contributed by atoms with Crippen LogP contribution in [0.1, 0.15) is 48.8 Å². The van der Waals surface area contributed by atoms with Gasteiger partial charge in [-0.3, -0.25) is 24.2 Å². The number of phenolic OH excluding ortho intramolecular Hbond substituents is 1. The molecule has 10 nitrogen and oxygen atoms in total. The maximum absolute atomic E-state index is 16.1. The van der Waals surface area contributed by atoms with Crippen LogP contribution in [0.2, 0.25) is 0 Å². The molecule has 11 heteroatoms. The number of methoxy groups -OCH3 is 1. The summed E-state index contributed by atoms with van der Waals surface area (Å²) in [7, 11) is 4.37. The number of fused-ring (bicyclic) bond motifs is 3. The van der Waals surface area contributed by atoms with E-state index in [4.69, 9.17) is 10.5 Å². The van der Waals surface area contributed by atoms with Crippen LogP contribution in [-0.4, -0.2) is 88.5 Å². The van der Waals surface area contributed by atoms with Gasteiger partial charge in [0.1, 0.15) is 28.7 Å². The van der Waals surface area contributed by atoms with E-state index in [2.05, 4.69) is 4.90 Å². The predicted octanol–water partition coefficient (Wildman–Crippen LogP) is 2.13. The fourth-order valence-corrected chi connectivity index (χ4v) is 7.89. The van der Waals surface area contributed by atoms with Gasteiger partial charge < -0.3 is 25.8 Å². The number of aliphatic hydroxyl groups excluding tert-OH is 2. The van der Waals surface area contributed by atoms with Gasteiger partial charge in [-0.15, -0.1) is 0 Å². The van der Waals surface area contributed by atoms with E-state index in [1.807, 2.05) is 0 Å². The van der Waals surface area contributed by atoms with Crippen LogP contribution in [0.3, 0.4) is 0 Å². The molecule has 1 saturated heterocycles. The first-order chi connectivity index (χ1) is 19.4. The van der Waals surface area contributed by atoms with Gasteiger partial charge in [0.2, 0.25) is 5.78 Å². The molecule has 1 spiro atoms. The largest absolute Gasteiger partial charge is 0.508 e. The number of carbonyl (C=O) groups is 3. The number of benzene rings is 1. The monoisotopic (exact) mass is 569 g/mol. The molecule has 3 fully saturated rings. The molecule has 6 rings (SSSR count). The first-order valence-corrected chi connectivity index (χ1v) is 14.1. The van der Waals surface area contributed by atoms with Gasteiger partial charge >= 0.3 is 0 Å². The van der Waals surface area contributed by atoms with Crippen molar-refractivity contribution in [3.63, 3.8) is 0 Å². The lowest BCUT2D eigenvalue weighted by Gasteiger charge is -2.51.